The predicted octanol–water partition coefficient (Wildman–Crippen LogP) is 4.31. The average molecular weight is 445 g/mol. The lowest BCUT2D eigenvalue weighted by Crippen LogP contribution is -2.47. The van der Waals surface area contributed by atoms with Crippen molar-refractivity contribution in [2.24, 2.45) is 5.73 Å². The highest BCUT2D eigenvalue weighted by Gasteiger charge is 2.24. The Labute approximate surface area is 186 Å². The molecule has 3 N–H and O–H groups in total. The number of aryl methyl sites for hydroxylation is 2. The molecule has 3 aromatic rings. The fourth-order valence-corrected chi connectivity index (χ4v) is 3.73. The van der Waals surface area contributed by atoms with Crippen molar-refractivity contribution in [3.63, 3.8) is 0 Å². The Hall–Kier alpha value is -3.00. The third kappa shape index (κ3) is 5.07. The number of pyridine rings is 1. The molecule has 1 aromatic carbocycles. The van der Waals surface area contributed by atoms with Crippen LogP contribution in [0.2, 0.25) is 0 Å². The van der Waals surface area contributed by atoms with Crippen molar-refractivity contribution >= 4 is 11.6 Å². The fourth-order valence-electron chi connectivity index (χ4n) is 3.73. The Morgan fingerprint density at radius 1 is 1.28 bits per heavy atom. The molecule has 32 heavy (non-hydrogen) atoms. The van der Waals surface area contributed by atoms with Crippen LogP contribution < -0.4 is 15.8 Å². The van der Waals surface area contributed by atoms with Crippen molar-refractivity contribution in [3.05, 3.63) is 64.6 Å². The number of amides is 1. The van der Waals surface area contributed by atoms with Gasteiger partial charge in [-0.05, 0) is 50.5 Å². The summed E-state index contributed by atoms with van der Waals surface area (Å²) in [4.78, 5) is 17.7. The van der Waals surface area contributed by atoms with Gasteiger partial charge in [-0.25, -0.2) is 13.8 Å². The van der Waals surface area contributed by atoms with Crippen molar-refractivity contribution in [2.45, 2.75) is 59.1 Å². The maximum atomic E-state index is 14.0. The first-order chi connectivity index (χ1) is 15.2. The highest BCUT2D eigenvalue weighted by molar-refractivity contribution is 5.95. The van der Waals surface area contributed by atoms with E-state index in [1.807, 2.05) is 27.7 Å². The minimum atomic E-state index is -0.678. The predicted molar refractivity (Wildman–Crippen MR) is 120 cm³/mol. The SMILES string of the molecule is CCCC(C)(N)CNC(=O)c1c(CC)nc2c(OCc3c(F)cccc3F)cc(C)cn12. The van der Waals surface area contributed by atoms with Crippen molar-refractivity contribution in [2.75, 3.05) is 6.54 Å². The largest absolute Gasteiger partial charge is 0.485 e. The number of rotatable bonds is 9. The highest BCUT2D eigenvalue weighted by atomic mass is 19.1. The van der Waals surface area contributed by atoms with Gasteiger partial charge in [0.25, 0.3) is 5.91 Å². The van der Waals surface area contributed by atoms with Gasteiger partial charge in [0.05, 0.1) is 11.3 Å². The molecule has 1 unspecified atom stereocenters. The van der Waals surface area contributed by atoms with Gasteiger partial charge in [-0.15, -0.1) is 0 Å². The molecule has 2 heterocycles. The van der Waals surface area contributed by atoms with E-state index in [1.54, 1.807) is 16.7 Å². The Balaban J connectivity index is 1.94. The van der Waals surface area contributed by atoms with Gasteiger partial charge >= 0.3 is 0 Å². The number of nitrogens with two attached hydrogens (primary N) is 1. The van der Waals surface area contributed by atoms with Crippen LogP contribution in [0.25, 0.3) is 5.65 Å². The molecule has 0 spiro atoms. The Morgan fingerprint density at radius 2 is 1.97 bits per heavy atom. The Morgan fingerprint density at radius 3 is 2.59 bits per heavy atom. The number of aromatic nitrogens is 2. The topological polar surface area (TPSA) is 81.6 Å². The molecule has 6 nitrogen and oxygen atoms in total. The molecule has 3 rings (SSSR count). The van der Waals surface area contributed by atoms with Crippen molar-refractivity contribution in [3.8, 4) is 5.75 Å². The standard InChI is InChI=1S/C24H30F2N4O2/c1-5-10-24(4,27)14-28-23(31)21-19(6-2)29-22-20(11-15(3)12-30(21)22)32-13-16-17(25)8-7-9-18(16)26/h7-9,11-12H,5-6,10,13-14,27H2,1-4H3,(H,28,31). The molecule has 0 radical (unpaired) electrons. The monoisotopic (exact) mass is 444 g/mol. The lowest BCUT2D eigenvalue weighted by atomic mass is 9.97. The van der Waals surface area contributed by atoms with E-state index < -0.39 is 17.2 Å². The zero-order chi connectivity index (χ0) is 23.5. The van der Waals surface area contributed by atoms with Crippen LogP contribution in [0.4, 0.5) is 8.78 Å². The number of halogens is 2. The molecule has 8 heteroatoms. The summed E-state index contributed by atoms with van der Waals surface area (Å²) in [7, 11) is 0. The molecule has 1 amide bonds. The minimum Gasteiger partial charge on any atom is -0.485 e. The first-order valence-corrected chi connectivity index (χ1v) is 10.8. The van der Waals surface area contributed by atoms with Crippen LogP contribution in [0.3, 0.4) is 0 Å². The number of fused-ring (bicyclic) bond motifs is 1. The molecule has 2 aromatic heterocycles. The van der Waals surface area contributed by atoms with Gasteiger partial charge in [0.2, 0.25) is 0 Å². The van der Waals surface area contributed by atoms with E-state index in [0.29, 0.717) is 35.8 Å². The number of hydrogen-bond acceptors (Lipinski definition) is 4. The lowest BCUT2D eigenvalue weighted by molar-refractivity contribution is 0.0936. The molecule has 172 valence electrons. The zero-order valence-electron chi connectivity index (χ0n) is 19.0. The Kier molecular flexibility index (Phi) is 7.13. The van der Waals surface area contributed by atoms with E-state index in [1.165, 1.54) is 18.2 Å². The second-order valence-corrected chi connectivity index (χ2v) is 8.41. The average Bonchev–Trinajstić information content (AvgIpc) is 3.10. The van der Waals surface area contributed by atoms with Gasteiger partial charge in [0.15, 0.2) is 11.4 Å². The van der Waals surface area contributed by atoms with E-state index in [0.717, 1.165) is 18.4 Å². The summed E-state index contributed by atoms with van der Waals surface area (Å²) >= 11 is 0. The first-order valence-electron chi connectivity index (χ1n) is 10.8. The third-order valence-corrected chi connectivity index (χ3v) is 5.35. The number of imidazole rings is 1. The molecule has 0 saturated carbocycles. The summed E-state index contributed by atoms with van der Waals surface area (Å²) in [6.07, 6.45) is 4.02. The minimum absolute atomic E-state index is 0.162. The molecule has 0 saturated heterocycles. The molecule has 1 atom stereocenters. The summed E-state index contributed by atoms with van der Waals surface area (Å²) in [5, 5.41) is 2.92. The number of carbonyl (C=O) groups excluding carboxylic acids is 1. The lowest BCUT2D eigenvalue weighted by Gasteiger charge is -2.24. The van der Waals surface area contributed by atoms with Crippen LogP contribution in [0.5, 0.6) is 5.75 Å². The van der Waals surface area contributed by atoms with Crippen LogP contribution >= 0.6 is 0 Å². The number of nitrogens with zero attached hydrogens (tertiary/aromatic N) is 2. The van der Waals surface area contributed by atoms with Crippen molar-refractivity contribution < 1.29 is 18.3 Å². The van der Waals surface area contributed by atoms with Gasteiger partial charge in [-0.3, -0.25) is 9.20 Å². The van der Waals surface area contributed by atoms with Crippen molar-refractivity contribution in [1.82, 2.24) is 14.7 Å². The van der Waals surface area contributed by atoms with E-state index in [4.69, 9.17) is 10.5 Å². The van der Waals surface area contributed by atoms with Gasteiger partial charge in [0.1, 0.15) is 23.9 Å². The van der Waals surface area contributed by atoms with Gasteiger partial charge in [0, 0.05) is 18.3 Å². The summed E-state index contributed by atoms with van der Waals surface area (Å²) in [5.74, 6) is -1.29. The van der Waals surface area contributed by atoms with Crippen molar-refractivity contribution in [1.29, 1.82) is 0 Å². The number of benzene rings is 1. The first kappa shape index (κ1) is 23.7. The summed E-state index contributed by atoms with van der Waals surface area (Å²) in [6, 6.07) is 5.41. The second kappa shape index (κ2) is 9.65. The number of carbonyl (C=O) groups is 1. The number of nitrogens with one attached hydrogen (secondary N) is 1. The maximum Gasteiger partial charge on any atom is 0.270 e. The second-order valence-electron chi connectivity index (χ2n) is 8.41. The zero-order valence-corrected chi connectivity index (χ0v) is 19.0. The highest BCUT2D eigenvalue weighted by Crippen LogP contribution is 2.26. The Bertz CT molecular complexity index is 1100. The van der Waals surface area contributed by atoms with E-state index in [-0.39, 0.29) is 18.1 Å². The van der Waals surface area contributed by atoms with Gasteiger partial charge < -0.3 is 15.8 Å². The van der Waals surface area contributed by atoms with Gasteiger partial charge in [-0.1, -0.05) is 26.3 Å². The molecule has 0 aliphatic heterocycles. The quantitative estimate of drug-likeness (QED) is 0.515. The molecular weight excluding hydrogens is 414 g/mol. The van der Waals surface area contributed by atoms with Gasteiger partial charge in [-0.2, -0.15) is 0 Å². The van der Waals surface area contributed by atoms with Crippen LogP contribution in [0.1, 0.15) is 60.9 Å². The molecular formula is C24H30F2N4O2. The van der Waals surface area contributed by atoms with Crippen LogP contribution in [0.15, 0.2) is 30.5 Å². The molecule has 0 aliphatic carbocycles. The maximum absolute atomic E-state index is 14.0. The summed E-state index contributed by atoms with van der Waals surface area (Å²) < 4.78 is 35.5. The van der Waals surface area contributed by atoms with Crippen LogP contribution in [0, 0.1) is 18.6 Å². The number of ether oxygens (including phenoxy) is 1. The van der Waals surface area contributed by atoms with E-state index in [2.05, 4.69) is 10.3 Å². The van der Waals surface area contributed by atoms with Crippen LogP contribution in [-0.2, 0) is 13.0 Å². The smallest absolute Gasteiger partial charge is 0.270 e. The molecule has 0 bridgehead atoms. The molecule has 0 aliphatic rings. The normalized spacial score (nSPS) is 13.2. The van der Waals surface area contributed by atoms with E-state index >= 15 is 0 Å². The molecule has 0 fully saturated rings. The summed E-state index contributed by atoms with van der Waals surface area (Å²) in [5.41, 5.74) is 7.82. The fraction of sp³-hybridized carbons (Fsp3) is 0.417. The summed E-state index contributed by atoms with van der Waals surface area (Å²) in [6.45, 7) is 7.74. The number of hydrogen-bond donors (Lipinski definition) is 2. The van der Waals surface area contributed by atoms with E-state index in [9.17, 15) is 13.6 Å². The third-order valence-electron chi connectivity index (χ3n) is 5.35. The van der Waals surface area contributed by atoms with Crippen LogP contribution in [-0.4, -0.2) is 27.4 Å².